The Balaban J connectivity index is 2.54. The highest BCUT2D eigenvalue weighted by molar-refractivity contribution is 6.67. The number of ketones is 1. The summed E-state index contributed by atoms with van der Waals surface area (Å²) in [5, 5.41) is 11.2. The van der Waals surface area contributed by atoms with Gasteiger partial charge >= 0.3 is 12.1 Å². The summed E-state index contributed by atoms with van der Waals surface area (Å²) in [6, 6.07) is 4.89. The zero-order valence-electron chi connectivity index (χ0n) is 12.3. The van der Waals surface area contributed by atoms with Crippen LogP contribution < -0.4 is 11.1 Å². The van der Waals surface area contributed by atoms with E-state index in [2.05, 4.69) is 10.1 Å². The number of ether oxygens (including phenoxy) is 1. The van der Waals surface area contributed by atoms with Gasteiger partial charge in [-0.1, -0.05) is 34.8 Å². The first-order chi connectivity index (χ1) is 11.1. The van der Waals surface area contributed by atoms with Gasteiger partial charge in [0.05, 0.1) is 0 Å². The fourth-order valence-electron chi connectivity index (χ4n) is 1.68. The molecule has 0 heterocycles. The summed E-state index contributed by atoms with van der Waals surface area (Å²) in [7, 11) is 0. The summed E-state index contributed by atoms with van der Waals surface area (Å²) < 4.78 is 2.78. The maximum Gasteiger partial charge on any atom is 0.407 e. The number of amides is 1. The van der Waals surface area contributed by atoms with Crippen LogP contribution in [0.1, 0.15) is 23.2 Å². The number of nitrogens with two attached hydrogens (primary N) is 1. The molecule has 4 N–H and O–H groups in total. The van der Waals surface area contributed by atoms with Crippen molar-refractivity contribution in [2.75, 3.05) is 12.3 Å². The molecule has 0 bridgehead atoms. The second-order valence-electron chi connectivity index (χ2n) is 4.81. The number of hydrogen-bond donors (Lipinski definition) is 3. The SMILES string of the molecule is Nc1ccc(C(=O)CCC(NC(=O)OCC(Cl)(Cl)Cl)C(=O)O)cc1. The van der Waals surface area contributed by atoms with Gasteiger partial charge in [0.1, 0.15) is 12.6 Å². The van der Waals surface area contributed by atoms with Crippen LogP contribution in [0.15, 0.2) is 24.3 Å². The van der Waals surface area contributed by atoms with E-state index in [0.717, 1.165) is 0 Å². The van der Waals surface area contributed by atoms with E-state index in [4.69, 9.17) is 45.6 Å². The average Bonchev–Trinajstić information content (AvgIpc) is 2.48. The molecule has 0 aromatic heterocycles. The van der Waals surface area contributed by atoms with E-state index in [1.54, 1.807) is 12.1 Å². The van der Waals surface area contributed by atoms with Gasteiger partial charge in [0.2, 0.25) is 3.79 Å². The summed E-state index contributed by atoms with van der Waals surface area (Å²) in [6.45, 7) is -0.541. The van der Waals surface area contributed by atoms with Gasteiger partial charge in [-0.15, -0.1) is 0 Å². The lowest BCUT2D eigenvalue weighted by Gasteiger charge is -2.16. The van der Waals surface area contributed by atoms with Gasteiger partial charge < -0.3 is 20.9 Å². The van der Waals surface area contributed by atoms with Crippen molar-refractivity contribution in [2.24, 2.45) is 0 Å². The van der Waals surface area contributed by atoms with Gasteiger partial charge in [-0.25, -0.2) is 9.59 Å². The van der Waals surface area contributed by atoms with Crippen molar-refractivity contribution >= 4 is 58.3 Å². The smallest absolute Gasteiger partial charge is 0.407 e. The molecule has 0 fully saturated rings. The Morgan fingerprint density at radius 2 is 1.79 bits per heavy atom. The van der Waals surface area contributed by atoms with E-state index in [1.165, 1.54) is 12.1 Å². The van der Waals surface area contributed by atoms with Crippen molar-refractivity contribution < 1.29 is 24.2 Å². The number of carboxylic acids is 1. The number of nitrogen functional groups attached to an aromatic ring is 1. The number of nitrogens with one attached hydrogen (secondary N) is 1. The first-order valence-corrected chi connectivity index (χ1v) is 7.83. The Kier molecular flexibility index (Phi) is 7.59. The van der Waals surface area contributed by atoms with Crippen LogP contribution in [0, 0.1) is 0 Å². The van der Waals surface area contributed by atoms with Crippen LogP contribution in [0.3, 0.4) is 0 Å². The van der Waals surface area contributed by atoms with Crippen LogP contribution in [0.25, 0.3) is 0 Å². The molecule has 1 aromatic rings. The molecule has 0 aliphatic rings. The van der Waals surface area contributed by atoms with Gasteiger partial charge in [0.15, 0.2) is 5.78 Å². The molecule has 24 heavy (non-hydrogen) atoms. The van der Waals surface area contributed by atoms with Crippen molar-refractivity contribution in [3.8, 4) is 0 Å². The number of carbonyl (C=O) groups excluding carboxylic acids is 2. The van der Waals surface area contributed by atoms with Crippen LogP contribution in [-0.4, -0.2) is 39.4 Å². The van der Waals surface area contributed by atoms with E-state index in [9.17, 15) is 14.4 Å². The van der Waals surface area contributed by atoms with Crippen molar-refractivity contribution in [2.45, 2.75) is 22.7 Å². The molecule has 0 aliphatic carbocycles. The number of alkyl carbamates (subject to hydrolysis) is 1. The highest BCUT2D eigenvalue weighted by Gasteiger charge is 2.25. The molecule has 1 unspecified atom stereocenters. The van der Waals surface area contributed by atoms with Crippen LogP contribution in [0.4, 0.5) is 10.5 Å². The third-order valence-electron chi connectivity index (χ3n) is 2.85. The largest absolute Gasteiger partial charge is 0.480 e. The van der Waals surface area contributed by atoms with Crippen molar-refractivity contribution in [3.05, 3.63) is 29.8 Å². The Morgan fingerprint density at radius 1 is 1.21 bits per heavy atom. The third kappa shape index (κ3) is 7.72. The Labute approximate surface area is 153 Å². The number of carboxylic acid groups (broad SMARTS) is 1. The molecule has 1 rings (SSSR count). The Hall–Kier alpha value is -1.70. The molecular weight excluding hydrogens is 383 g/mol. The summed E-state index contributed by atoms with van der Waals surface area (Å²) in [5.41, 5.74) is 6.43. The van der Waals surface area contributed by atoms with Crippen molar-refractivity contribution in [1.29, 1.82) is 0 Å². The molecule has 0 spiro atoms. The lowest BCUT2D eigenvalue weighted by atomic mass is 10.0. The van der Waals surface area contributed by atoms with E-state index < -0.39 is 28.5 Å². The normalized spacial score (nSPS) is 12.3. The molecule has 7 nitrogen and oxygen atoms in total. The van der Waals surface area contributed by atoms with E-state index in [1.807, 2.05) is 0 Å². The van der Waals surface area contributed by atoms with Crippen molar-refractivity contribution in [1.82, 2.24) is 5.32 Å². The molecule has 1 amide bonds. The highest BCUT2D eigenvalue weighted by Crippen LogP contribution is 2.25. The topological polar surface area (TPSA) is 119 Å². The van der Waals surface area contributed by atoms with Crippen LogP contribution in [-0.2, 0) is 9.53 Å². The predicted molar refractivity (Wildman–Crippen MR) is 90.6 cm³/mol. The number of anilines is 1. The summed E-state index contributed by atoms with van der Waals surface area (Å²) in [6.07, 6.45) is -1.28. The standard InChI is InChI=1S/C14H15Cl3N2O5/c15-14(16,17)7-24-13(23)19-10(12(21)22)5-6-11(20)8-1-3-9(18)4-2-8/h1-4,10H,5-7,18H2,(H,19,23)(H,21,22). The zero-order valence-corrected chi connectivity index (χ0v) is 14.6. The first-order valence-electron chi connectivity index (χ1n) is 6.70. The lowest BCUT2D eigenvalue weighted by molar-refractivity contribution is -0.139. The summed E-state index contributed by atoms with van der Waals surface area (Å²) in [4.78, 5) is 34.6. The van der Waals surface area contributed by atoms with Gasteiger partial charge in [-0.05, 0) is 30.7 Å². The van der Waals surface area contributed by atoms with Crippen LogP contribution in [0.5, 0.6) is 0 Å². The number of alkyl halides is 3. The number of rotatable bonds is 7. The number of benzene rings is 1. The number of Topliss-reactive ketones (excluding diaryl/α,β-unsaturated/α-hetero) is 1. The maximum atomic E-state index is 12.0. The molecular formula is C14H15Cl3N2O5. The minimum Gasteiger partial charge on any atom is -0.480 e. The second-order valence-corrected chi connectivity index (χ2v) is 7.33. The van der Waals surface area contributed by atoms with Crippen LogP contribution in [0.2, 0.25) is 0 Å². The molecule has 1 aromatic carbocycles. The number of halogens is 3. The number of hydrogen-bond acceptors (Lipinski definition) is 5. The summed E-state index contributed by atoms with van der Waals surface area (Å²) in [5.74, 6) is -1.59. The minimum atomic E-state index is -1.80. The molecule has 0 aliphatic heterocycles. The second kappa shape index (κ2) is 8.96. The number of aliphatic carboxylic acids is 1. The Bertz CT molecular complexity index is 601. The molecule has 0 saturated heterocycles. The Morgan fingerprint density at radius 3 is 2.29 bits per heavy atom. The molecule has 0 radical (unpaired) electrons. The molecule has 0 saturated carbocycles. The van der Waals surface area contributed by atoms with Gasteiger partial charge in [-0.2, -0.15) is 0 Å². The monoisotopic (exact) mass is 396 g/mol. The quantitative estimate of drug-likeness (QED) is 0.370. The first kappa shape index (κ1) is 20.3. The van der Waals surface area contributed by atoms with Crippen molar-refractivity contribution in [3.63, 3.8) is 0 Å². The fraction of sp³-hybridized carbons (Fsp3) is 0.357. The highest BCUT2D eigenvalue weighted by atomic mass is 35.6. The fourth-order valence-corrected chi connectivity index (χ4v) is 1.84. The predicted octanol–water partition coefficient (Wildman–Crippen LogP) is 2.78. The van der Waals surface area contributed by atoms with E-state index in [0.29, 0.717) is 11.3 Å². The minimum absolute atomic E-state index is 0.0916. The lowest BCUT2D eigenvalue weighted by Crippen LogP contribution is -2.42. The third-order valence-corrected chi connectivity index (χ3v) is 3.18. The average molecular weight is 398 g/mol. The zero-order chi connectivity index (χ0) is 18.3. The van der Waals surface area contributed by atoms with Gasteiger partial charge in [0, 0.05) is 17.7 Å². The molecule has 132 valence electrons. The molecule has 10 heteroatoms. The van der Waals surface area contributed by atoms with E-state index in [-0.39, 0.29) is 18.6 Å². The van der Waals surface area contributed by atoms with Crippen LogP contribution >= 0.6 is 34.8 Å². The van der Waals surface area contributed by atoms with E-state index >= 15 is 0 Å². The molecule has 1 atom stereocenters. The van der Waals surface area contributed by atoms with Gasteiger partial charge in [0.25, 0.3) is 0 Å². The van der Waals surface area contributed by atoms with Gasteiger partial charge in [-0.3, -0.25) is 4.79 Å². The number of carbonyl (C=O) groups is 3. The summed E-state index contributed by atoms with van der Waals surface area (Å²) >= 11 is 16.2. The maximum absolute atomic E-state index is 12.0.